The molecule has 5 rings (SSSR count). The summed E-state index contributed by atoms with van der Waals surface area (Å²) in [6.07, 6.45) is 2.78. The zero-order chi connectivity index (χ0) is 26.5. The number of nitrogens with zero attached hydrogens (tertiary/aromatic N) is 3. The minimum Gasteiger partial charge on any atom is -0.388 e. The fourth-order valence-corrected chi connectivity index (χ4v) is 5.26. The molecule has 8 heteroatoms. The van der Waals surface area contributed by atoms with Crippen LogP contribution in [0.15, 0.2) is 77.8 Å². The molecule has 0 radical (unpaired) electrons. The maximum atomic E-state index is 12.7. The highest BCUT2D eigenvalue weighted by atomic mass is 35.5. The number of carbonyl (C=O) groups excluding carboxylic acids is 1. The van der Waals surface area contributed by atoms with Crippen molar-refractivity contribution in [1.29, 1.82) is 0 Å². The number of aryl methyl sites for hydroxylation is 1. The zero-order valence-electron chi connectivity index (χ0n) is 21.3. The third-order valence-corrected chi connectivity index (χ3v) is 7.77. The van der Waals surface area contributed by atoms with Crippen LogP contribution in [0.1, 0.15) is 42.2 Å². The summed E-state index contributed by atoms with van der Waals surface area (Å²) in [5, 5.41) is 26.4. The SMILES string of the molecule is O=C(CCc1ccccc1)N1CCC(O)(CN2C=Nc3cc(NCc4ccccc4Cl)ccc3C2O)CC1. The van der Waals surface area contributed by atoms with Gasteiger partial charge in [0.25, 0.3) is 0 Å². The van der Waals surface area contributed by atoms with Gasteiger partial charge in [-0.05, 0) is 48.6 Å². The number of anilines is 1. The number of hydrogen-bond donors (Lipinski definition) is 3. The highest BCUT2D eigenvalue weighted by Gasteiger charge is 2.37. The Morgan fingerprint density at radius 2 is 1.79 bits per heavy atom. The predicted octanol–water partition coefficient (Wildman–Crippen LogP) is 4.90. The van der Waals surface area contributed by atoms with Gasteiger partial charge in [0.15, 0.2) is 6.23 Å². The van der Waals surface area contributed by atoms with E-state index in [1.807, 2.05) is 77.7 Å². The van der Waals surface area contributed by atoms with Gasteiger partial charge in [-0.25, -0.2) is 4.99 Å². The van der Waals surface area contributed by atoms with Gasteiger partial charge in [0, 0.05) is 42.3 Å². The molecule has 0 spiro atoms. The third kappa shape index (κ3) is 6.18. The van der Waals surface area contributed by atoms with Crippen molar-refractivity contribution in [3.63, 3.8) is 0 Å². The topological polar surface area (TPSA) is 88.4 Å². The van der Waals surface area contributed by atoms with E-state index in [2.05, 4.69) is 10.3 Å². The van der Waals surface area contributed by atoms with Gasteiger partial charge in [-0.15, -0.1) is 0 Å². The van der Waals surface area contributed by atoms with Crippen LogP contribution in [0.3, 0.4) is 0 Å². The molecule has 0 aliphatic carbocycles. The first-order chi connectivity index (χ1) is 18.4. The summed E-state index contributed by atoms with van der Waals surface area (Å²) in [6.45, 7) is 1.83. The number of hydrogen-bond acceptors (Lipinski definition) is 6. The van der Waals surface area contributed by atoms with Crippen molar-refractivity contribution in [2.75, 3.05) is 25.0 Å². The standard InChI is InChI=1S/C30H33ClN4O3/c31-26-9-5-4-8-23(26)19-32-24-11-12-25-27(18-24)33-21-35(29(25)37)20-30(38)14-16-34(17-15-30)28(36)13-10-22-6-2-1-3-7-22/h1-9,11-12,18,21,29,32,37-38H,10,13-17,19-20H2. The lowest BCUT2D eigenvalue weighted by Gasteiger charge is -2.42. The first-order valence-corrected chi connectivity index (χ1v) is 13.4. The van der Waals surface area contributed by atoms with Crippen molar-refractivity contribution in [1.82, 2.24) is 9.80 Å². The van der Waals surface area contributed by atoms with Crippen LogP contribution in [0.5, 0.6) is 0 Å². The van der Waals surface area contributed by atoms with Gasteiger partial charge in [-0.1, -0.05) is 66.2 Å². The monoisotopic (exact) mass is 532 g/mol. The van der Waals surface area contributed by atoms with E-state index in [1.54, 1.807) is 11.2 Å². The molecule has 7 nitrogen and oxygen atoms in total. The molecule has 1 amide bonds. The number of halogens is 1. The minimum absolute atomic E-state index is 0.114. The summed E-state index contributed by atoms with van der Waals surface area (Å²) in [5.41, 5.74) is 3.40. The van der Waals surface area contributed by atoms with E-state index in [9.17, 15) is 15.0 Å². The number of likely N-dealkylation sites (tertiary alicyclic amines) is 1. The molecule has 0 aromatic heterocycles. The van der Waals surface area contributed by atoms with Gasteiger partial charge in [-0.3, -0.25) is 4.79 Å². The molecule has 2 aliphatic rings. The van der Waals surface area contributed by atoms with E-state index in [1.165, 1.54) is 0 Å². The molecule has 1 fully saturated rings. The Balaban J connectivity index is 1.14. The van der Waals surface area contributed by atoms with Gasteiger partial charge in [0.1, 0.15) is 0 Å². The Hall–Kier alpha value is -3.39. The minimum atomic E-state index is -1.00. The molecular formula is C30H33ClN4O3. The molecule has 3 aromatic carbocycles. The Bertz CT molecular complexity index is 1290. The number of piperidine rings is 1. The molecule has 38 heavy (non-hydrogen) atoms. The number of carbonyl (C=O) groups is 1. The fourth-order valence-electron chi connectivity index (χ4n) is 5.05. The number of aliphatic imine (C=N–C) groups is 1. The molecule has 2 aliphatic heterocycles. The molecular weight excluding hydrogens is 500 g/mol. The summed E-state index contributed by atoms with van der Waals surface area (Å²) in [7, 11) is 0. The summed E-state index contributed by atoms with van der Waals surface area (Å²) in [5.74, 6) is 0.114. The van der Waals surface area contributed by atoms with Gasteiger partial charge < -0.3 is 25.3 Å². The number of rotatable bonds is 8. The van der Waals surface area contributed by atoms with Crippen LogP contribution >= 0.6 is 11.6 Å². The van der Waals surface area contributed by atoms with Crippen molar-refractivity contribution in [3.8, 4) is 0 Å². The van der Waals surface area contributed by atoms with E-state index >= 15 is 0 Å². The first-order valence-electron chi connectivity index (χ1n) is 13.0. The predicted molar refractivity (Wildman–Crippen MR) is 151 cm³/mol. The van der Waals surface area contributed by atoms with Crippen LogP contribution in [0.4, 0.5) is 11.4 Å². The normalized spacial score (nSPS) is 18.2. The summed E-state index contributed by atoms with van der Waals surface area (Å²) in [4.78, 5) is 20.8. The Kier molecular flexibility index (Phi) is 7.98. The maximum absolute atomic E-state index is 12.7. The Morgan fingerprint density at radius 3 is 2.55 bits per heavy atom. The van der Waals surface area contributed by atoms with Crippen LogP contribution in [0.2, 0.25) is 5.02 Å². The van der Waals surface area contributed by atoms with E-state index in [0.717, 1.165) is 16.8 Å². The summed E-state index contributed by atoms with van der Waals surface area (Å²) < 4.78 is 0. The van der Waals surface area contributed by atoms with Crippen LogP contribution < -0.4 is 5.32 Å². The van der Waals surface area contributed by atoms with Gasteiger partial charge >= 0.3 is 0 Å². The molecule has 198 valence electrons. The Morgan fingerprint density at radius 1 is 1.05 bits per heavy atom. The number of fused-ring (bicyclic) bond motifs is 1. The Labute approximate surface area is 228 Å². The highest BCUT2D eigenvalue weighted by molar-refractivity contribution is 6.31. The highest BCUT2D eigenvalue weighted by Crippen LogP contribution is 2.35. The molecule has 3 aromatic rings. The maximum Gasteiger partial charge on any atom is 0.222 e. The fraction of sp³-hybridized carbons (Fsp3) is 0.333. The lowest BCUT2D eigenvalue weighted by atomic mass is 9.90. The number of amides is 1. The van der Waals surface area contributed by atoms with Crippen molar-refractivity contribution >= 4 is 35.2 Å². The molecule has 1 atom stereocenters. The lowest BCUT2D eigenvalue weighted by molar-refractivity contribution is -0.136. The van der Waals surface area contributed by atoms with Gasteiger partial charge in [0.05, 0.1) is 24.2 Å². The number of β-amino-alcohol motifs (C(OH)–C–C–N with tert-alkyl or cyclic N) is 1. The first kappa shape index (κ1) is 26.2. The average molecular weight is 533 g/mol. The molecule has 1 saturated heterocycles. The summed E-state index contributed by atoms with van der Waals surface area (Å²) in [6, 6.07) is 23.4. The van der Waals surface area contributed by atoms with E-state index in [4.69, 9.17) is 11.6 Å². The third-order valence-electron chi connectivity index (χ3n) is 7.40. The molecule has 2 heterocycles. The largest absolute Gasteiger partial charge is 0.388 e. The second kappa shape index (κ2) is 11.6. The average Bonchev–Trinajstić information content (AvgIpc) is 2.94. The summed E-state index contributed by atoms with van der Waals surface area (Å²) >= 11 is 6.25. The van der Waals surface area contributed by atoms with Crippen LogP contribution in [-0.4, -0.2) is 57.5 Å². The lowest BCUT2D eigenvalue weighted by Crippen LogP contribution is -2.52. The second-order valence-corrected chi connectivity index (χ2v) is 10.5. The van der Waals surface area contributed by atoms with E-state index < -0.39 is 11.8 Å². The van der Waals surface area contributed by atoms with Crippen molar-refractivity contribution in [2.45, 2.75) is 44.1 Å². The van der Waals surface area contributed by atoms with Crippen molar-refractivity contribution < 1.29 is 15.0 Å². The molecule has 0 bridgehead atoms. The van der Waals surface area contributed by atoms with Crippen LogP contribution in [0.25, 0.3) is 0 Å². The van der Waals surface area contributed by atoms with E-state index in [-0.39, 0.29) is 12.5 Å². The quantitative estimate of drug-likeness (QED) is 0.384. The number of nitrogens with one attached hydrogen (secondary N) is 1. The number of benzene rings is 3. The van der Waals surface area contributed by atoms with Crippen molar-refractivity contribution in [2.24, 2.45) is 4.99 Å². The number of aliphatic hydroxyl groups is 2. The van der Waals surface area contributed by atoms with Gasteiger partial charge in [0.2, 0.25) is 5.91 Å². The van der Waals surface area contributed by atoms with Gasteiger partial charge in [-0.2, -0.15) is 0 Å². The zero-order valence-corrected chi connectivity index (χ0v) is 22.0. The number of aliphatic hydroxyl groups excluding tert-OH is 1. The van der Waals surface area contributed by atoms with E-state index in [0.29, 0.717) is 61.6 Å². The van der Waals surface area contributed by atoms with Crippen LogP contribution in [0, 0.1) is 0 Å². The van der Waals surface area contributed by atoms with Crippen LogP contribution in [-0.2, 0) is 17.8 Å². The second-order valence-electron chi connectivity index (χ2n) is 10.1. The smallest absolute Gasteiger partial charge is 0.222 e. The molecule has 0 saturated carbocycles. The molecule has 1 unspecified atom stereocenters. The molecule has 3 N–H and O–H groups in total. The van der Waals surface area contributed by atoms with Crippen molar-refractivity contribution in [3.05, 3.63) is 94.5 Å².